The van der Waals surface area contributed by atoms with E-state index in [0.29, 0.717) is 5.56 Å². The van der Waals surface area contributed by atoms with Gasteiger partial charge >= 0.3 is 6.01 Å². The minimum Gasteiger partial charge on any atom is -0.481 e. The van der Waals surface area contributed by atoms with Crippen LogP contribution in [0.5, 0.6) is 11.9 Å². The number of hydrogen-bond donors (Lipinski definition) is 1. The molecule has 0 radical (unpaired) electrons. The van der Waals surface area contributed by atoms with Crippen molar-refractivity contribution in [2.75, 3.05) is 19.5 Å². The highest BCUT2D eigenvalue weighted by atomic mass is 16.6. The molecule has 0 aliphatic rings. The maximum Gasteiger partial charge on any atom is 0.321 e. The smallest absolute Gasteiger partial charge is 0.321 e. The summed E-state index contributed by atoms with van der Waals surface area (Å²) in [7, 11) is 2.75. The van der Waals surface area contributed by atoms with Crippen molar-refractivity contribution in [3.05, 3.63) is 51.6 Å². The first-order chi connectivity index (χ1) is 12.5. The number of ether oxygens (including phenoxy) is 2. The van der Waals surface area contributed by atoms with Crippen LogP contribution in [0.15, 0.2) is 35.9 Å². The summed E-state index contributed by atoms with van der Waals surface area (Å²) in [6, 6.07) is 8.53. The van der Waals surface area contributed by atoms with E-state index in [1.54, 1.807) is 6.07 Å². The Morgan fingerprint density at radius 2 is 1.96 bits per heavy atom. The second-order valence-electron chi connectivity index (χ2n) is 4.75. The number of rotatable bonds is 6. The van der Waals surface area contributed by atoms with Gasteiger partial charge in [-0.2, -0.15) is 15.2 Å². The van der Waals surface area contributed by atoms with Crippen LogP contribution in [0.3, 0.4) is 0 Å². The molecule has 2 rings (SSSR count). The number of nitrogens with one attached hydrogen (secondary N) is 1. The molecule has 1 aromatic heterocycles. The minimum atomic E-state index is -0.714. The highest BCUT2D eigenvalue weighted by Crippen LogP contribution is 2.18. The fourth-order valence-electron chi connectivity index (χ4n) is 1.85. The van der Waals surface area contributed by atoms with Crippen molar-refractivity contribution in [2.24, 2.45) is 0 Å². The van der Waals surface area contributed by atoms with E-state index in [1.165, 1.54) is 50.6 Å². The maximum absolute atomic E-state index is 12.3. The van der Waals surface area contributed by atoms with Gasteiger partial charge in [0.2, 0.25) is 5.88 Å². The molecule has 1 aromatic carbocycles. The number of nitrogens with zero attached hydrogens (tertiary/aromatic N) is 4. The zero-order valence-corrected chi connectivity index (χ0v) is 13.8. The summed E-state index contributed by atoms with van der Waals surface area (Å²) in [5.74, 6) is -0.456. The lowest BCUT2D eigenvalue weighted by molar-refractivity contribution is -0.384. The second kappa shape index (κ2) is 8.20. The normalized spacial score (nSPS) is 10.6. The number of nitro benzene ring substituents is 1. The van der Waals surface area contributed by atoms with Gasteiger partial charge in [0.15, 0.2) is 0 Å². The van der Waals surface area contributed by atoms with E-state index < -0.39 is 10.8 Å². The number of hydrogen-bond acceptors (Lipinski definition) is 8. The summed E-state index contributed by atoms with van der Waals surface area (Å²) in [5.41, 5.74) is 0.154. The molecule has 1 amide bonds. The Morgan fingerprint density at radius 1 is 1.27 bits per heavy atom. The fraction of sp³-hybridized carbons (Fsp3) is 0.125. The number of non-ortho nitro benzene ring substituents is 1. The van der Waals surface area contributed by atoms with Crippen molar-refractivity contribution < 1.29 is 19.2 Å². The second-order valence-corrected chi connectivity index (χ2v) is 4.75. The number of anilines is 1. The van der Waals surface area contributed by atoms with Crippen LogP contribution in [0.2, 0.25) is 0 Å². The number of aromatic nitrogens is 2. The van der Waals surface area contributed by atoms with Crippen LogP contribution in [-0.4, -0.2) is 35.0 Å². The molecule has 0 unspecified atom stereocenters. The SMILES string of the molecule is COc1cc(NC(=O)/C(C#N)=C\c2ccc([N+](=O)[O-])cc2)nc(OC)n1. The van der Waals surface area contributed by atoms with Crippen LogP contribution in [0.1, 0.15) is 5.56 Å². The maximum atomic E-state index is 12.3. The van der Waals surface area contributed by atoms with Gasteiger partial charge in [0, 0.05) is 18.2 Å². The lowest BCUT2D eigenvalue weighted by atomic mass is 10.1. The lowest BCUT2D eigenvalue weighted by Crippen LogP contribution is -2.15. The highest BCUT2D eigenvalue weighted by molar-refractivity contribution is 6.09. The lowest BCUT2D eigenvalue weighted by Gasteiger charge is -2.07. The van der Waals surface area contributed by atoms with Gasteiger partial charge in [-0.3, -0.25) is 14.9 Å². The van der Waals surface area contributed by atoms with Crippen LogP contribution in [0.25, 0.3) is 6.08 Å². The fourth-order valence-corrected chi connectivity index (χ4v) is 1.85. The van der Waals surface area contributed by atoms with Crippen molar-refractivity contribution in [3.63, 3.8) is 0 Å². The zero-order chi connectivity index (χ0) is 19.1. The van der Waals surface area contributed by atoms with Gasteiger partial charge in [-0.05, 0) is 23.8 Å². The molecule has 26 heavy (non-hydrogen) atoms. The van der Waals surface area contributed by atoms with Gasteiger partial charge < -0.3 is 14.8 Å². The predicted octanol–water partition coefficient (Wildman–Crippen LogP) is 1.95. The number of carbonyl (C=O) groups is 1. The van der Waals surface area contributed by atoms with Gasteiger partial charge in [0.1, 0.15) is 17.5 Å². The molecular formula is C16H13N5O5. The Hall–Kier alpha value is -4.00. The molecule has 0 atom stereocenters. The third-order valence-corrected chi connectivity index (χ3v) is 3.10. The number of nitro groups is 1. The summed E-state index contributed by atoms with van der Waals surface area (Å²) >= 11 is 0. The van der Waals surface area contributed by atoms with E-state index in [9.17, 15) is 20.2 Å². The molecule has 0 aliphatic heterocycles. The molecule has 0 saturated heterocycles. The molecule has 2 aromatic rings. The Morgan fingerprint density at radius 3 is 2.50 bits per heavy atom. The summed E-state index contributed by atoms with van der Waals surface area (Å²) < 4.78 is 9.88. The monoisotopic (exact) mass is 355 g/mol. The van der Waals surface area contributed by atoms with Crippen molar-refractivity contribution >= 4 is 23.5 Å². The average molecular weight is 355 g/mol. The quantitative estimate of drug-likeness (QED) is 0.359. The third kappa shape index (κ3) is 4.51. The molecule has 0 spiro atoms. The predicted molar refractivity (Wildman–Crippen MR) is 90.5 cm³/mol. The first-order valence-corrected chi connectivity index (χ1v) is 7.11. The molecular weight excluding hydrogens is 342 g/mol. The molecule has 10 heteroatoms. The molecule has 132 valence electrons. The third-order valence-electron chi connectivity index (χ3n) is 3.10. The molecule has 0 saturated carbocycles. The first kappa shape index (κ1) is 18.3. The van der Waals surface area contributed by atoms with E-state index >= 15 is 0 Å². The molecule has 10 nitrogen and oxygen atoms in total. The summed E-state index contributed by atoms with van der Waals surface area (Å²) in [5, 5.41) is 22.3. The van der Waals surface area contributed by atoms with Gasteiger partial charge in [-0.15, -0.1) is 0 Å². The van der Waals surface area contributed by atoms with E-state index in [-0.39, 0.29) is 29.0 Å². The topological polar surface area (TPSA) is 140 Å². The molecule has 0 bridgehead atoms. The number of nitriles is 1. The Bertz CT molecular complexity index is 880. The number of methoxy groups -OCH3 is 2. The zero-order valence-electron chi connectivity index (χ0n) is 13.8. The molecule has 1 N–H and O–H groups in total. The highest BCUT2D eigenvalue weighted by Gasteiger charge is 2.13. The number of benzene rings is 1. The first-order valence-electron chi connectivity index (χ1n) is 7.11. The van der Waals surface area contributed by atoms with Gasteiger partial charge in [-0.25, -0.2) is 0 Å². The molecule has 0 aliphatic carbocycles. The molecule has 0 fully saturated rings. The van der Waals surface area contributed by atoms with Crippen LogP contribution in [0, 0.1) is 21.4 Å². The Kier molecular flexibility index (Phi) is 5.79. The Balaban J connectivity index is 2.23. The summed E-state index contributed by atoms with van der Waals surface area (Å²) in [6.07, 6.45) is 1.30. The van der Waals surface area contributed by atoms with Crippen LogP contribution < -0.4 is 14.8 Å². The van der Waals surface area contributed by atoms with Crippen LogP contribution in [0.4, 0.5) is 11.5 Å². The number of amides is 1. The minimum absolute atomic E-state index is 0.0162. The van der Waals surface area contributed by atoms with E-state index in [2.05, 4.69) is 15.3 Å². The van der Waals surface area contributed by atoms with Crippen molar-refractivity contribution in [3.8, 4) is 18.0 Å². The van der Waals surface area contributed by atoms with Gasteiger partial charge in [0.05, 0.1) is 19.1 Å². The summed E-state index contributed by atoms with van der Waals surface area (Å²) in [4.78, 5) is 30.2. The summed E-state index contributed by atoms with van der Waals surface area (Å²) in [6.45, 7) is 0. The standard InChI is InChI=1S/C16H13N5O5/c1-25-14-8-13(19-16(20-14)26-2)18-15(22)11(9-17)7-10-3-5-12(6-4-10)21(23)24/h3-8H,1-2H3,(H,18,19,20,22)/b11-7-. The average Bonchev–Trinajstić information content (AvgIpc) is 2.65. The van der Waals surface area contributed by atoms with Gasteiger partial charge in [0.25, 0.3) is 11.6 Å². The Labute approximate surface area is 147 Å². The van der Waals surface area contributed by atoms with Crippen LogP contribution >= 0.6 is 0 Å². The van der Waals surface area contributed by atoms with E-state index in [4.69, 9.17) is 9.47 Å². The van der Waals surface area contributed by atoms with Crippen molar-refractivity contribution in [1.29, 1.82) is 5.26 Å². The van der Waals surface area contributed by atoms with E-state index in [1.807, 2.05) is 0 Å². The molecule has 1 heterocycles. The van der Waals surface area contributed by atoms with Crippen LogP contribution in [-0.2, 0) is 4.79 Å². The van der Waals surface area contributed by atoms with E-state index in [0.717, 1.165) is 0 Å². The van der Waals surface area contributed by atoms with Crippen molar-refractivity contribution in [1.82, 2.24) is 9.97 Å². The number of carbonyl (C=O) groups excluding carboxylic acids is 1. The largest absolute Gasteiger partial charge is 0.481 e. The van der Waals surface area contributed by atoms with Crippen molar-refractivity contribution in [2.45, 2.75) is 0 Å². The van der Waals surface area contributed by atoms with Gasteiger partial charge in [-0.1, -0.05) is 0 Å².